The van der Waals surface area contributed by atoms with E-state index in [9.17, 15) is 0 Å². The molecule has 0 aliphatic carbocycles. The molecule has 2 aromatic rings. The third-order valence-corrected chi connectivity index (χ3v) is 4.08. The van der Waals surface area contributed by atoms with Crippen LogP contribution in [-0.4, -0.2) is 16.5 Å². The second-order valence-corrected chi connectivity index (χ2v) is 5.68. The van der Waals surface area contributed by atoms with E-state index in [2.05, 4.69) is 61.0 Å². The lowest BCUT2D eigenvalue weighted by molar-refractivity contribution is 0.575. The maximum absolute atomic E-state index is 5.43. The topological polar surface area (TPSA) is 51.0 Å². The SMILES string of the molecule is CCCNc1nc(-c2occc2Br)nc(CC)c1Br. The van der Waals surface area contributed by atoms with Gasteiger partial charge in [0.1, 0.15) is 5.82 Å². The summed E-state index contributed by atoms with van der Waals surface area (Å²) in [5.41, 5.74) is 0.965. The van der Waals surface area contributed by atoms with Crippen molar-refractivity contribution in [1.29, 1.82) is 0 Å². The molecule has 0 saturated heterocycles. The molecule has 0 saturated carbocycles. The summed E-state index contributed by atoms with van der Waals surface area (Å²) >= 11 is 7.00. The number of aromatic nitrogens is 2. The van der Waals surface area contributed by atoms with Gasteiger partial charge >= 0.3 is 0 Å². The van der Waals surface area contributed by atoms with E-state index in [1.807, 2.05) is 6.07 Å². The van der Waals surface area contributed by atoms with Crippen LogP contribution in [0.25, 0.3) is 11.6 Å². The van der Waals surface area contributed by atoms with Crippen LogP contribution in [0.2, 0.25) is 0 Å². The van der Waals surface area contributed by atoms with E-state index in [4.69, 9.17) is 4.42 Å². The Morgan fingerprint density at radius 2 is 2.05 bits per heavy atom. The Kier molecular flexibility index (Phi) is 4.99. The van der Waals surface area contributed by atoms with Crippen LogP contribution in [0.3, 0.4) is 0 Å². The quantitative estimate of drug-likeness (QED) is 0.810. The van der Waals surface area contributed by atoms with E-state index >= 15 is 0 Å². The molecule has 0 unspecified atom stereocenters. The second-order valence-electron chi connectivity index (χ2n) is 4.03. The first-order valence-electron chi connectivity index (χ1n) is 6.21. The summed E-state index contributed by atoms with van der Waals surface area (Å²) in [6.07, 6.45) is 3.49. The van der Waals surface area contributed by atoms with Crippen LogP contribution in [0.15, 0.2) is 25.7 Å². The van der Waals surface area contributed by atoms with Crippen LogP contribution < -0.4 is 5.32 Å². The maximum Gasteiger partial charge on any atom is 0.199 e. The van der Waals surface area contributed by atoms with E-state index in [0.29, 0.717) is 11.6 Å². The van der Waals surface area contributed by atoms with Gasteiger partial charge < -0.3 is 9.73 Å². The number of rotatable bonds is 5. The van der Waals surface area contributed by atoms with E-state index in [1.54, 1.807) is 6.26 Å². The average Bonchev–Trinajstić information content (AvgIpc) is 2.84. The minimum atomic E-state index is 0.593. The van der Waals surface area contributed by atoms with Crippen LogP contribution in [0.4, 0.5) is 5.82 Å². The highest BCUT2D eigenvalue weighted by Crippen LogP contribution is 2.31. The van der Waals surface area contributed by atoms with E-state index in [-0.39, 0.29) is 0 Å². The zero-order valence-corrected chi connectivity index (χ0v) is 14.0. The fraction of sp³-hybridized carbons (Fsp3) is 0.385. The van der Waals surface area contributed by atoms with Crippen LogP contribution in [0, 0.1) is 0 Å². The van der Waals surface area contributed by atoms with Crippen molar-refractivity contribution in [1.82, 2.24) is 9.97 Å². The minimum Gasteiger partial charge on any atom is -0.460 e. The molecule has 102 valence electrons. The summed E-state index contributed by atoms with van der Waals surface area (Å²) in [5.74, 6) is 2.06. The van der Waals surface area contributed by atoms with Gasteiger partial charge in [-0.25, -0.2) is 9.97 Å². The molecule has 0 bridgehead atoms. The lowest BCUT2D eigenvalue weighted by atomic mass is 10.3. The third-order valence-electron chi connectivity index (χ3n) is 2.62. The Balaban J connectivity index is 2.47. The molecule has 0 spiro atoms. The highest BCUT2D eigenvalue weighted by atomic mass is 79.9. The molecule has 0 amide bonds. The predicted octanol–water partition coefficient (Wildman–Crippen LogP) is 4.65. The van der Waals surface area contributed by atoms with Gasteiger partial charge in [0.05, 0.1) is 20.9 Å². The molecule has 0 atom stereocenters. The largest absolute Gasteiger partial charge is 0.460 e. The first-order chi connectivity index (χ1) is 9.17. The number of hydrogen-bond acceptors (Lipinski definition) is 4. The smallest absolute Gasteiger partial charge is 0.199 e. The maximum atomic E-state index is 5.43. The van der Waals surface area contributed by atoms with E-state index < -0.39 is 0 Å². The zero-order chi connectivity index (χ0) is 13.8. The number of hydrogen-bond donors (Lipinski definition) is 1. The Morgan fingerprint density at radius 1 is 1.26 bits per heavy atom. The molecule has 0 aliphatic rings. The van der Waals surface area contributed by atoms with Gasteiger partial charge in [0, 0.05) is 6.54 Å². The van der Waals surface area contributed by atoms with Crippen molar-refractivity contribution in [3.63, 3.8) is 0 Å². The Bertz CT molecular complexity index is 569. The lowest BCUT2D eigenvalue weighted by Crippen LogP contribution is -2.07. The van der Waals surface area contributed by atoms with Crippen molar-refractivity contribution in [2.24, 2.45) is 0 Å². The number of nitrogens with one attached hydrogen (secondary N) is 1. The van der Waals surface area contributed by atoms with E-state index in [0.717, 1.165) is 39.8 Å². The van der Waals surface area contributed by atoms with Gasteiger partial charge in [0.15, 0.2) is 11.6 Å². The van der Waals surface area contributed by atoms with Gasteiger partial charge in [-0.2, -0.15) is 0 Å². The van der Waals surface area contributed by atoms with Crippen molar-refractivity contribution in [3.8, 4) is 11.6 Å². The van der Waals surface area contributed by atoms with Crippen molar-refractivity contribution >= 4 is 37.7 Å². The Hall–Kier alpha value is -0.880. The van der Waals surface area contributed by atoms with E-state index in [1.165, 1.54) is 0 Å². The van der Waals surface area contributed by atoms with Crippen molar-refractivity contribution in [3.05, 3.63) is 27.0 Å². The molecular weight excluding hydrogens is 374 g/mol. The highest BCUT2D eigenvalue weighted by Gasteiger charge is 2.16. The first kappa shape index (κ1) is 14.5. The monoisotopic (exact) mass is 387 g/mol. The van der Waals surface area contributed by atoms with Gasteiger partial charge in [0.2, 0.25) is 0 Å². The molecule has 0 fully saturated rings. The molecule has 0 aromatic carbocycles. The van der Waals surface area contributed by atoms with Gasteiger partial charge in [-0.1, -0.05) is 13.8 Å². The normalized spacial score (nSPS) is 10.7. The number of aryl methyl sites for hydroxylation is 1. The number of furan rings is 1. The third kappa shape index (κ3) is 3.17. The van der Waals surface area contributed by atoms with Crippen LogP contribution in [0.5, 0.6) is 0 Å². The molecule has 1 N–H and O–H groups in total. The lowest BCUT2D eigenvalue weighted by Gasteiger charge is -2.11. The van der Waals surface area contributed by atoms with Crippen molar-refractivity contribution in [2.45, 2.75) is 26.7 Å². The van der Waals surface area contributed by atoms with Crippen molar-refractivity contribution < 1.29 is 4.42 Å². The summed E-state index contributed by atoms with van der Waals surface area (Å²) < 4.78 is 7.22. The van der Waals surface area contributed by atoms with Crippen LogP contribution >= 0.6 is 31.9 Å². The fourth-order valence-corrected chi connectivity index (χ4v) is 2.62. The van der Waals surface area contributed by atoms with Crippen LogP contribution in [-0.2, 0) is 6.42 Å². The summed E-state index contributed by atoms with van der Waals surface area (Å²) in [5, 5.41) is 3.30. The fourth-order valence-electron chi connectivity index (χ4n) is 1.64. The zero-order valence-electron chi connectivity index (χ0n) is 10.8. The van der Waals surface area contributed by atoms with Gasteiger partial charge in [-0.3, -0.25) is 0 Å². The summed E-state index contributed by atoms with van der Waals surface area (Å²) in [6, 6.07) is 1.84. The van der Waals surface area contributed by atoms with Crippen molar-refractivity contribution in [2.75, 3.05) is 11.9 Å². The molecule has 2 rings (SSSR count). The molecule has 4 nitrogen and oxygen atoms in total. The minimum absolute atomic E-state index is 0.593. The molecule has 2 heterocycles. The van der Waals surface area contributed by atoms with Gasteiger partial charge in [-0.15, -0.1) is 0 Å². The highest BCUT2D eigenvalue weighted by molar-refractivity contribution is 9.11. The molecule has 6 heteroatoms. The van der Waals surface area contributed by atoms with Crippen LogP contribution in [0.1, 0.15) is 26.0 Å². The number of halogens is 2. The molecular formula is C13H15Br2N3O. The van der Waals surface area contributed by atoms with Gasteiger partial charge in [-0.05, 0) is 50.8 Å². The van der Waals surface area contributed by atoms with Gasteiger partial charge in [0.25, 0.3) is 0 Å². The predicted molar refractivity (Wildman–Crippen MR) is 83.3 cm³/mol. The standard InChI is InChI=1S/C13H15Br2N3O/c1-3-6-16-12-10(15)9(4-2)17-13(18-12)11-8(14)5-7-19-11/h5,7H,3-4,6H2,1-2H3,(H,16,17,18). The molecule has 2 aromatic heterocycles. The summed E-state index contributed by atoms with van der Waals surface area (Å²) in [7, 11) is 0. The second kappa shape index (κ2) is 6.52. The number of nitrogens with zero attached hydrogens (tertiary/aromatic N) is 2. The first-order valence-corrected chi connectivity index (χ1v) is 7.79. The summed E-state index contributed by atoms with van der Waals surface area (Å²) in [4.78, 5) is 9.07. The molecule has 0 radical (unpaired) electrons. The Labute approximate surface area is 129 Å². The Morgan fingerprint density at radius 3 is 2.63 bits per heavy atom. The average molecular weight is 389 g/mol. The summed E-state index contributed by atoms with van der Waals surface area (Å²) in [6.45, 7) is 5.06. The number of anilines is 1. The molecule has 19 heavy (non-hydrogen) atoms. The molecule has 0 aliphatic heterocycles.